The summed E-state index contributed by atoms with van der Waals surface area (Å²) in [5.41, 5.74) is 0. The van der Waals surface area contributed by atoms with Crippen LogP contribution in [0.3, 0.4) is 0 Å². The molecule has 1 atom stereocenters. The first-order valence-electron chi connectivity index (χ1n) is 4.34. The van der Waals surface area contributed by atoms with Crippen LogP contribution in [0.1, 0.15) is 26.7 Å². The average molecular weight is 304 g/mol. The molecule has 12 heavy (non-hydrogen) atoms. The van der Waals surface area contributed by atoms with Gasteiger partial charge in [-0.15, -0.1) is 11.6 Å². The van der Waals surface area contributed by atoms with Crippen LogP contribution in [0.25, 0.3) is 0 Å². The lowest BCUT2D eigenvalue weighted by molar-refractivity contribution is 0.232. The Morgan fingerprint density at radius 1 is 1.42 bits per heavy atom. The molecule has 0 aromatic rings. The normalized spacial score (nSPS) is 17.0. The highest BCUT2D eigenvalue weighted by Crippen LogP contribution is 2.33. The van der Waals surface area contributed by atoms with E-state index in [1.807, 2.05) is 0 Å². The van der Waals surface area contributed by atoms with Crippen LogP contribution in [0, 0.1) is 5.92 Å². The Morgan fingerprint density at radius 2 is 1.92 bits per heavy atom. The molecule has 0 aliphatic carbocycles. The molecular weight excluding hydrogens is 284 g/mol. The highest BCUT2D eigenvalue weighted by Gasteiger charge is 2.28. The number of rotatable bonds is 5. The van der Waals surface area contributed by atoms with Crippen molar-refractivity contribution in [3.63, 3.8) is 0 Å². The lowest BCUT2D eigenvalue weighted by Gasteiger charge is -2.35. The maximum atomic E-state index is 5.78. The largest absolute Gasteiger partial charge is 0.295 e. The number of halogens is 2. The van der Waals surface area contributed by atoms with E-state index in [-0.39, 0.29) is 3.55 Å². The predicted molar refractivity (Wildman–Crippen MR) is 65.2 cm³/mol. The van der Waals surface area contributed by atoms with Gasteiger partial charge < -0.3 is 0 Å². The van der Waals surface area contributed by atoms with E-state index in [0.717, 1.165) is 18.2 Å². The molecule has 0 aromatic carbocycles. The fraction of sp³-hybridized carbons (Fsp3) is 1.00. The molecule has 0 saturated heterocycles. The summed E-state index contributed by atoms with van der Waals surface area (Å²) in [6.45, 7) is 4.51. The van der Waals surface area contributed by atoms with E-state index in [4.69, 9.17) is 11.6 Å². The lowest BCUT2D eigenvalue weighted by Crippen LogP contribution is -2.39. The monoisotopic (exact) mass is 303 g/mol. The van der Waals surface area contributed by atoms with Gasteiger partial charge >= 0.3 is 0 Å². The lowest BCUT2D eigenvalue weighted by atomic mass is 10.0. The smallest absolute Gasteiger partial charge is 0.0739 e. The van der Waals surface area contributed by atoms with Gasteiger partial charge in [-0.1, -0.05) is 36.4 Å². The van der Waals surface area contributed by atoms with Crippen molar-refractivity contribution in [1.29, 1.82) is 0 Å². The zero-order valence-corrected chi connectivity index (χ0v) is 11.3. The maximum Gasteiger partial charge on any atom is 0.0739 e. The zero-order valence-electron chi connectivity index (χ0n) is 8.40. The maximum absolute atomic E-state index is 5.78. The highest BCUT2D eigenvalue weighted by atomic mass is 127. The Kier molecular flexibility index (Phi) is 6.12. The van der Waals surface area contributed by atoms with Gasteiger partial charge in [0.1, 0.15) is 0 Å². The van der Waals surface area contributed by atoms with Crippen molar-refractivity contribution in [2.24, 2.45) is 5.92 Å². The van der Waals surface area contributed by atoms with Crippen molar-refractivity contribution in [3.05, 3.63) is 0 Å². The highest BCUT2D eigenvalue weighted by molar-refractivity contribution is 14.1. The number of hydrogen-bond acceptors (Lipinski definition) is 1. The molecule has 0 bridgehead atoms. The SMILES string of the molecule is CC(C)CC(I)(CCCl)N(C)C. The summed E-state index contributed by atoms with van der Waals surface area (Å²) >= 11 is 8.30. The molecule has 3 heteroatoms. The Balaban J connectivity index is 4.18. The molecule has 0 aliphatic rings. The number of nitrogens with zero attached hydrogens (tertiary/aromatic N) is 1. The van der Waals surface area contributed by atoms with Crippen LogP contribution in [0.4, 0.5) is 0 Å². The molecule has 0 amide bonds. The van der Waals surface area contributed by atoms with Crippen molar-refractivity contribution in [2.75, 3.05) is 20.0 Å². The summed E-state index contributed by atoms with van der Waals surface area (Å²) in [5.74, 6) is 1.47. The van der Waals surface area contributed by atoms with Gasteiger partial charge in [0.2, 0.25) is 0 Å². The van der Waals surface area contributed by atoms with Gasteiger partial charge in [0, 0.05) is 5.88 Å². The second-order valence-corrected chi connectivity index (χ2v) is 6.24. The van der Waals surface area contributed by atoms with Gasteiger partial charge in [-0.05, 0) is 32.9 Å². The molecule has 0 saturated carbocycles. The van der Waals surface area contributed by atoms with E-state index in [9.17, 15) is 0 Å². The summed E-state index contributed by atoms with van der Waals surface area (Å²) in [5, 5.41) is 0. The van der Waals surface area contributed by atoms with Crippen LogP contribution in [0.5, 0.6) is 0 Å². The van der Waals surface area contributed by atoms with Crippen molar-refractivity contribution in [1.82, 2.24) is 4.90 Å². The molecule has 74 valence electrons. The Labute approximate surface area is 95.0 Å². The Morgan fingerprint density at radius 3 is 2.17 bits per heavy atom. The Hall–Kier alpha value is 0.980. The summed E-state index contributed by atoms with van der Waals surface area (Å²) in [4.78, 5) is 2.27. The van der Waals surface area contributed by atoms with Crippen LogP contribution >= 0.6 is 34.2 Å². The van der Waals surface area contributed by atoms with Gasteiger partial charge in [-0.3, -0.25) is 4.90 Å². The second kappa shape index (κ2) is 5.66. The molecule has 0 N–H and O–H groups in total. The van der Waals surface area contributed by atoms with Gasteiger partial charge in [-0.25, -0.2) is 0 Å². The van der Waals surface area contributed by atoms with Crippen molar-refractivity contribution < 1.29 is 0 Å². The molecule has 0 spiro atoms. The minimum atomic E-state index is 0.244. The molecule has 0 aromatic heterocycles. The first-order valence-corrected chi connectivity index (χ1v) is 5.96. The fourth-order valence-corrected chi connectivity index (χ4v) is 3.06. The summed E-state index contributed by atoms with van der Waals surface area (Å²) in [6, 6.07) is 0. The van der Waals surface area contributed by atoms with Crippen molar-refractivity contribution in [2.45, 2.75) is 30.2 Å². The van der Waals surface area contributed by atoms with Crippen molar-refractivity contribution in [3.8, 4) is 0 Å². The third-order valence-electron chi connectivity index (χ3n) is 2.00. The minimum Gasteiger partial charge on any atom is -0.295 e. The van der Waals surface area contributed by atoms with Crippen LogP contribution < -0.4 is 0 Å². The molecule has 0 fully saturated rings. The van der Waals surface area contributed by atoms with Crippen LogP contribution in [0.15, 0.2) is 0 Å². The van der Waals surface area contributed by atoms with Crippen molar-refractivity contribution >= 4 is 34.2 Å². The minimum absolute atomic E-state index is 0.244. The quantitative estimate of drug-likeness (QED) is 0.428. The second-order valence-electron chi connectivity index (χ2n) is 3.85. The number of hydrogen-bond donors (Lipinski definition) is 0. The molecule has 0 rings (SSSR count). The van der Waals surface area contributed by atoms with Gasteiger partial charge in [-0.2, -0.15) is 0 Å². The first-order chi connectivity index (χ1) is 5.42. The molecule has 0 radical (unpaired) electrons. The first kappa shape index (κ1) is 13.0. The topological polar surface area (TPSA) is 3.24 Å². The van der Waals surface area contributed by atoms with Gasteiger partial charge in [0.15, 0.2) is 0 Å². The van der Waals surface area contributed by atoms with Crippen LogP contribution in [-0.2, 0) is 0 Å². The molecule has 1 nitrogen and oxygen atoms in total. The zero-order chi connectivity index (χ0) is 9.78. The summed E-state index contributed by atoms with van der Waals surface area (Å²) in [7, 11) is 4.25. The predicted octanol–water partition coefficient (Wildman–Crippen LogP) is 3.35. The van der Waals surface area contributed by atoms with E-state index in [0.29, 0.717) is 0 Å². The summed E-state index contributed by atoms with van der Waals surface area (Å²) in [6.07, 6.45) is 2.26. The van der Waals surface area contributed by atoms with Gasteiger partial charge in [0.25, 0.3) is 0 Å². The summed E-state index contributed by atoms with van der Waals surface area (Å²) < 4.78 is 0.244. The van der Waals surface area contributed by atoms with E-state index in [1.54, 1.807) is 0 Å². The van der Waals surface area contributed by atoms with E-state index in [1.165, 1.54) is 6.42 Å². The molecule has 1 unspecified atom stereocenters. The van der Waals surface area contributed by atoms with E-state index >= 15 is 0 Å². The molecule has 0 heterocycles. The third-order valence-corrected chi connectivity index (χ3v) is 4.13. The standard InChI is InChI=1S/C9H19ClIN/c1-8(2)7-9(11,5-6-10)12(3)4/h8H,5-7H2,1-4H3. The Bertz CT molecular complexity index is 128. The van der Waals surface area contributed by atoms with E-state index < -0.39 is 0 Å². The molecule has 0 aliphatic heterocycles. The van der Waals surface area contributed by atoms with Gasteiger partial charge in [0.05, 0.1) is 3.55 Å². The molecular formula is C9H19ClIN. The van der Waals surface area contributed by atoms with Crippen LogP contribution in [-0.4, -0.2) is 28.4 Å². The fourth-order valence-electron chi connectivity index (χ4n) is 1.28. The third kappa shape index (κ3) is 4.28. The average Bonchev–Trinajstić information content (AvgIpc) is 1.85. The number of alkyl halides is 2. The van der Waals surface area contributed by atoms with Crippen LogP contribution in [0.2, 0.25) is 0 Å². The van der Waals surface area contributed by atoms with E-state index in [2.05, 4.69) is 55.4 Å².